The van der Waals surface area contributed by atoms with Gasteiger partial charge in [-0.3, -0.25) is 9.59 Å². The van der Waals surface area contributed by atoms with E-state index in [4.69, 9.17) is 0 Å². The van der Waals surface area contributed by atoms with Crippen molar-refractivity contribution in [2.75, 3.05) is 26.2 Å². The minimum absolute atomic E-state index is 0.0868. The lowest BCUT2D eigenvalue weighted by Gasteiger charge is -2.22. The van der Waals surface area contributed by atoms with Crippen LogP contribution in [0, 0.1) is 19.7 Å². The van der Waals surface area contributed by atoms with Crippen molar-refractivity contribution in [1.29, 1.82) is 0 Å². The standard InChI is InChI=1S/C22H25FN2O2/c1-16-7-8-17(2)19(13-16)15-21(26)24-9-4-10-25(12-11-24)22(27)18-5-3-6-20(23)14-18/h3,5-8,13-14H,4,9-12,15H2,1-2H3. The molecule has 1 aliphatic rings. The van der Waals surface area contributed by atoms with E-state index in [-0.39, 0.29) is 11.8 Å². The molecule has 0 atom stereocenters. The fraction of sp³-hybridized carbons (Fsp3) is 0.364. The zero-order valence-corrected chi connectivity index (χ0v) is 15.9. The van der Waals surface area contributed by atoms with Gasteiger partial charge in [0.25, 0.3) is 5.91 Å². The molecule has 5 heteroatoms. The van der Waals surface area contributed by atoms with E-state index in [1.54, 1.807) is 17.0 Å². The average Bonchev–Trinajstić information content (AvgIpc) is 2.90. The lowest BCUT2D eigenvalue weighted by Crippen LogP contribution is -2.38. The number of hydrogen-bond acceptors (Lipinski definition) is 2. The number of hydrogen-bond donors (Lipinski definition) is 0. The zero-order valence-electron chi connectivity index (χ0n) is 15.9. The Hall–Kier alpha value is -2.69. The number of carbonyl (C=O) groups excluding carboxylic acids is 2. The summed E-state index contributed by atoms with van der Waals surface area (Å²) in [5.74, 6) is -0.511. The molecule has 0 bridgehead atoms. The Balaban J connectivity index is 1.63. The van der Waals surface area contributed by atoms with Gasteiger partial charge in [0.05, 0.1) is 6.42 Å². The van der Waals surface area contributed by atoms with Crippen LogP contribution in [0.4, 0.5) is 4.39 Å². The van der Waals surface area contributed by atoms with E-state index >= 15 is 0 Å². The Morgan fingerprint density at radius 2 is 1.70 bits per heavy atom. The number of nitrogens with zero attached hydrogens (tertiary/aromatic N) is 2. The minimum Gasteiger partial charge on any atom is -0.341 e. The van der Waals surface area contributed by atoms with Gasteiger partial charge in [0.1, 0.15) is 5.82 Å². The van der Waals surface area contributed by atoms with E-state index in [1.807, 2.05) is 30.9 Å². The first-order valence-corrected chi connectivity index (χ1v) is 9.33. The highest BCUT2D eigenvalue weighted by Gasteiger charge is 2.23. The molecule has 1 fully saturated rings. The Morgan fingerprint density at radius 3 is 2.48 bits per heavy atom. The summed E-state index contributed by atoms with van der Waals surface area (Å²) in [5.41, 5.74) is 3.67. The van der Waals surface area contributed by atoms with Crippen LogP contribution >= 0.6 is 0 Å². The Labute approximate surface area is 159 Å². The molecular formula is C22H25FN2O2. The van der Waals surface area contributed by atoms with Crippen molar-refractivity contribution in [3.8, 4) is 0 Å². The van der Waals surface area contributed by atoms with Crippen LogP contribution in [0.15, 0.2) is 42.5 Å². The van der Waals surface area contributed by atoms with Crippen LogP contribution in [0.1, 0.15) is 33.5 Å². The maximum Gasteiger partial charge on any atom is 0.254 e. The maximum absolute atomic E-state index is 13.4. The molecule has 0 aromatic heterocycles. The van der Waals surface area contributed by atoms with Crippen LogP contribution in [-0.4, -0.2) is 47.8 Å². The minimum atomic E-state index is -0.416. The van der Waals surface area contributed by atoms with Gasteiger partial charge in [0.15, 0.2) is 0 Å². The second-order valence-electron chi connectivity index (χ2n) is 7.14. The molecule has 0 radical (unpaired) electrons. The maximum atomic E-state index is 13.4. The molecule has 142 valence electrons. The van der Waals surface area contributed by atoms with Gasteiger partial charge in [-0.15, -0.1) is 0 Å². The topological polar surface area (TPSA) is 40.6 Å². The summed E-state index contributed by atoms with van der Waals surface area (Å²) < 4.78 is 13.4. The van der Waals surface area contributed by atoms with E-state index in [2.05, 4.69) is 6.07 Å². The van der Waals surface area contributed by atoms with Crippen LogP contribution in [0.5, 0.6) is 0 Å². The van der Waals surface area contributed by atoms with E-state index in [0.29, 0.717) is 38.2 Å². The summed E-state index contributed by atoms with van der Waals surface area (Å²) in [7, 11) is 0. The molecule has 3 rings (SSSR count). The zero-order chi connectivity index (χ0) is 19.4. The normalized spacial score (nSPS) is 14.8. The van der Waals surface area contributed by atoms with Gasteiger partial charge in [-0.05, 0) is 49.6 Å². The molecule has 0 N–H and O–H groups in total. The highest BCUT2D eigenvalue weighted by atomic mass is 19.1. The summed E-state index contributed by atoms with van der Waals surface area (Å²) in [5, 5.41) is 0. The van der Waals surface area contributed by atoms with E-state index < -0.39 is 5.82 Å². The molecular weight excluding hydrogens is 343 g/mol. The highest BCUT2D eigenvalue weighted by Crippen LogP contribution is 2.15. The number of halogens is 1. The van der Waals surface area contributed by atoms with Crippen molar-refractivity contribution in [3.05, 3.63) is 70.5 Å². The van der Waals surface area contributed by atoms with Gasteiger partial charge in [-0.1, -0.05) is 29.8 Å². The van der Waals surface area contributed by atoms with Gasteiger partial charge in [-0.2, -0.15) is 0 Å². The quantitative estimate of drug-likeness (QED) is 0.834. The van der Waals surface area contributed by atoms with Crippen LogP contribution < -0.4 is 0 Å². The smallest absolute Gasteiger partial charge is 0.254 e. The first-order chi connectivity index (χ1) is 12.9. The molecule has 0 aliphatic carbocycles. The number of benzene rings is 2. The molecule has 1 saturated heterocycles. The first-order valence-electron chi connectivity index (χ1n) is 9.33. The van der Waals surface area contributed by atoms with Crippen molar-refractivity contribution in [3.63, 3.8) is 0 Å². The molecule has 0 spiro atoms. The van der Waals surface area contributed by atoms with Crippen molar-refractivity contribution in [2.45, 2.75) is 26.7 Å². The molecule has 0 saturated carbocycles. The lowest BCUT2D eigenvalue weighted by molar-refractivity contribution is -0.130. The summed E-state index contributed by atoms with van der Waals surface area (Å²) in [6.07, 6.45) is 1.10. The van der Waals surface area contributed by atoms with E-state index in [9.17, 15) is 14.0 Å². The number of carbonyl (C=O) groups is 2. The van der Waals surface area contributed by atoms with Crippen LogP contribution in [0.3, 0.4) is 0 Å². The van der Waals surface area contributed by atoms with Gasteiger partial charge < -0.3 is 9.80 Å². The third-order valence-electron chi connectivity index (χ3n) is 5.05. The van der Waals surface area contributed by atoms with E-state index in [0.717, 1.165) is 23.1 Å². The van der Waals surface area contributed by atoms with Crippen molar-refractivity contribution in [1.82, 2.24) is 9.80 Å². The predicted octanol–water partition coefficient (Wildman–Crippen LogP) is 3.36. The van der Waals surface area contributed by atoms with Crippen LogP contribution in [0.25, 0.3) is 0 Å². The molecule has 4 nitrogen and oxygen atoms in total. The fourth-order valence-corrected chi connectivity index (χ4v) is 3.44. The Morgan fingerprint density at radius 1 is 0.963 bits per heavy atom. The molecule has 0 unspecified atom stereocenters. The van der Waals surface area contributed by atoms with Crippen molar-refractivity contribution >= 4 is 11.8 Å². The fourth-order valence-electron chi connectivity index (χ4n) is 3.44. The number of rotatable bonds is 3. The molecule has 27 heavy (non-hydrogen) atoms. The number of aryl methyl sites for hydroxylation is 2. The molecule has 1 heterocycles. The predicted molar refractivity (Wildman–Crippen MR) is 103 cm³/mol. The summed E-state index contributed by atoms with van der Waals surface area (Å²) in [4.78, 5) is 28.9. The molecule has 2 amide bonds. The Kier molecular flexibility index (Phi) is 5.89. The summed E-state index contributed by atoms with van der Waals surface area (Å²) in [6.45, 7) is 6.22. The monoisotopic (exact) mass is 368 g/mol. The van der Waals surface area contributed by atoms with Crippen molar-refractivity contribution in [2.24, 2.45) is 0 Å². The lowest BCUT2D eigenvalue weighted by atomic mass is 10.0. The van der Waals surface area contributed by atoms with Crippen molar-refractivity contribution < 1.29 is 14.0 Å². The van der Waals surface area contributed by atoms with Gasteiger partial charge >= 0.3 is 0 Å². The van der Waals surface area contributed by atoms with Gasteiger partial charge in [0, 0.05) is 31.7 Å². The third-order valence-corrected chi connectivity index (χ3v) is 5.05. The molecule has 2 aromatic carbocycles. The van der Waals surface area contributed by atoms with E-state index in [1.165, 1.54) is 12.1 Å². The Bertz CT molecular complexity index is 850. The van der Waals surface area contributed by atoms with Crippen LogP contribution in [0.2, 0.25) is 0 Å². The summed E-state index contributed by atoms with van der Waals surface area (Å²) >= 11 is 0. The first kappa shape index (κ1) is 19.1. The average molecular weight is 368 g/mol. The highest BCUT2D eigenvalue weighted by molar-refractivity contribution is 5.94. The molecule has 1 aliphatic heterocycles. The third kappa shape index (κ3) is 4.73. The van der Waals surface area contributed by atoms with Gasteiger partial charge in [-0.25, -0.2) is 4.39 Å². The largest absolute Gasteiger partial charge is 0.341 e. The summed E-state index contributed by atoms with van der Waals surface area (Å²) in [6, 6.07) is 11.9. The van der Waals surface area contributed by atoms with Gasteiger partial charge in [0.2, 0.25) is 5.91 Å². The second-order valence-corrected chi connectivity index (χ2v) is 7.14. The SMILES string of the molecule is Cc1ccc(C)c(CC(=O)N2CCCN(C(=O)c3cccc(F)c3)CC2)c1. The number of amides is 2. The molecule has 2 aromatic rings. The van der Waals surface area contributed by atoms with Crippen LogP contribution in [-0.2, 0) is 11.2 Å². The second kappa shape index (κ2) is 8.33.